The molecule has 4 rings (SSSR count). The van der Waals surface area contributed by atoms with E-state index >= 15 is 0 Å². The first-order valence-corrected chi connectivity index (χ1v) is 9.64. The molecule has 4 aromatic carbocycles. The van der Waals surface area contributed by atoms with E-state index in [1.165, 1.54) is 7.11 Å². The number of hydrogen-bond donors (Lipinski definition) is 2. The molecule has 150 valence electrons. The molecular weight excluding hydrogens is 378 g/mol. The zero-order chi connectivity index (χ0) is 21.1. The molecule has 0 aliphatic carbocycles. The minimum atomic E-state index is -1.10. The predicted octanol–water partition coefficient (Wildman–Crippen LogP) is 4.43. The molecule has 0 radical (unpaired) electrons. The highest BCUT2D eigenvalue weighted by Crippen LogP contribution is 2.28. The van der Waals surface area contributed by atoms with Crippen LogP contribution < -0.4 is 10.1 Å². The van der Waals surface area contributed by atoms with Crippen LogP contribution in [0, 0.1) is 0 Å². The first-order chi connectivity index (χ1) is 14.6. The van der Waals surface area contributed by atoms with Crippen LogP contribution in [-0.2, 0) is 11.2 Å². The molecule has 30 heavy (non-hydrogen) atoms. The van der Waals surface area contributed by atoms with Crippen molar-refractivity contribution in [2.75, 3.05) is 7.11 Å². The molecule has 1 amide bonds. The lowest BCUT2D eigenvalue weighted by Crippen LogP contribution is -2.42. The smallest absolute Gasteiger partial charge is 0.326 e. The Morgan fingerprint density at radius 1 is 0.900 bits per heavy atom. The Labute approximate surface area is 173 Å². The number of amides is 1. The number of carboxylic acid groups (broad SMARTS) is 1. The molecule has 0 saturated carbocycles. The van der Waals surface area contributed by atoms with Gasteiger partial charge in [-0.15, -0.1) is 0 Å². The lowest BCUT2D eigenvalue weighted by Gasteiger charge is -2.18. The van der Waals surface area contributed by atoms with Gasteiger partial charge in [0, 0.05) is 6.42 Å². The molecule has 1 atom stereocenters. The second-order valence-electron chi connectivity index (χ2n) is 7.07. The number of carboxylic acids is 1. The number of rotatable bonds is 6. The Hall–Kier alpha value is -3.86. The molecule has 4 aromatic rings. The molecule has 0 bridgehead atoms. The molecule has 5 nitrogen and oxygen atoms in total. The van der Waals surface area contributed by atoms with E-state index in [1.54, 1.807) is 12.1 Å². The van der Waals surface area contributed by atoms with Crippen LogP contribution in [0.25, 0.3) is 21.5 Å². The van der Waals surface area contributed by atoms with Crippen LogP contribution >= 0.6 is 0 Å². The molecular formula is C25H21NO4. The number of nitrogens with one attached hydrogen (secondary N) is 1. The van der Waals surface area contributed by atoms with Gasteiger partial charge in [-0.1, -0.05) is 66.7 Å². The Morgan fingerprint density at radius 3 is 2.07 bits per heavy atom. The van der Waals surface area contributed by atoms with Crippen molar-refractivity contribution in [1.82, 2.24) is 5.32 Å². The molecule has 0 aromatic heterocycles. The summed E-state index contributed by atoms with van der Waals surface area (Å²) >= 11 is 0. The Kier molecular flexibility index (Phi) is 5.35. The number of ether oxygens (including phenoxy) is 1. The lowest BCUT2D eigenvalue weighted by atomic mass is 9.95. The van der Waals surface area contributed by atoms with Crippen LogP contribution in [0.1, 0.15) is 15.9 Å². The van der Waals surface area contributed by atoms with E-state index in [0.29, 0.717) is 11.3 Å². The molecule has 0 aliphatic heterocycles. The van der Waals surface area contributed by atoms with Gasteiger partial charge in [0.05, 0.1) is 12.7 Å². The SMILES string of the molecule is COc1ccccc1C[C@@H](NC(=O)c1c2ccccc2cc2ccccc12)C(=O)O. The van der Waals surface area contributed by atoms with Crippen molar-refractivity contribution in [3.8, 4) is 5.75 Å². The Morgan fingerprint density at radius 2 is 1.47 bits per heavy atom. The normalized spacial score (nSPS) is 11.9. The van der Waals surface area contributed by atoms with Gasteiger partial charge in [0.1, 0.15) is 11.8 Å². The van der Waals surface area contributed by atoms with Gasteiger partial charge in [0.15, 0.2) is 0 Å². The molecule has 5 heteroatoms. The van der Waals surface area contributed by atoms with Gasteiger partial charge < -0.3 is 15.2 Å². The number of fused-ring (bicyclic) bond motifs is 2. The van der Waals surface area contributed by atoms with Crippen molar-refractivity contribution in [3.05, 3.63) is 90.0 Å². The third kappa shape index (κ3) is 3.70. The minimum Gasteiger partial charge on any atom is -0.496 e. The van der Waals surface area contributed by atoms with E-state index in [0.717, 1.165) is 27.1 Å². The van der Waals surface area contributed by atoms with E-state index in [-0.39, 0.29) is 6.42 Å². The Balaban J connectivity index is 1.74. The summed E-state index contributed by atoms with van der Waals surface area (Å²) in [4.78, 5) is 25.3. The molecule has 0 fully saturated rings. The largest absolute Gasteiger partial charge is 0.496 e. The van der Waals surface area contributed by atoms with E-state index in [9.17, 15) is 14.7 Å². The van der Waals surface area contributed by atoms with Crippen molar-refractivity contribution >= 4 is 33.4 Å². The van der Waals surface area contributed by atoms with Crippen molar-refractivity contribution in [1.29, 1.82) is 0 Å². The zero-order valence-electron chi connectivity index (χ0n) is 16.5. The third-order valence-corrected chi connectivity index (χ3v) is 5.22. The number of carbonyl (C=O) groups excluding carboxylic acids is 1. The predicted molar refractivity (Wildman–Crippen MR) is 117 cm³/mol. The number of carbonyl (C=O) groups is 2. The van der Waals surface area contributed by atoms with Gasteiger partial charge in [-0.3, -0.25) is 4.79 Å². The summed E-state index contributed by atoms with van der Waals surface area (Å²) in [6, 6.07) is 23.4. The summed E-state index contributed by atoms with van der Waals surface area (Å²) in [5, 5.41) is 15.9. The van der Waals surface area contributed by atoms with Crippen LogP contribution in [0.15, 0.2) is 78.9 Å². The van der Waals surface area contributed by atoms with Gasteiger partial charge in [0.2, 0.25) is 0 Å². The van der Waals surface area contributed by atoms with E-state index in [4.69, 9.17) is 4.74 Å². The third-order valence-electron chi connectivity index (χ3n) is 5.22. The molecule has 0 spiro atoms. The topological polar surface area (TPSA) is 75.6 Å². The average Bonchev–Trinajstić information content (AvgIpc) is 2.77. The number of aliphatic carboxylic acids is 1. The van der Waals surface area contributed by atoms with Gasteiger partial charge in [0.25, 0.3) is 5.91 Å². The maximum atomic E-state index is 13.3. The first-order valence-electron chi connectivity index (χ1n) is 9.64. The second kappa shape index (κ2) is 8.25. The molecule has 2 N–H and O–H groups in total. The molecule has 0 aliphatic rings. The fraction of sp³-hybridized carbons (Fsp3) is 0.120. The summed E-state index contributed by atoms with van der Waals surface area (Å²) in [5.74, 6) is -0.919. The highest BCUT2D eigenvalue weighted by Gasteiger charge is 2.24. The van der Waals surface area contributed by atoms with Crippen molar-refractivity contribution in [2.45, 2.75) is 12.5 Å². The molecule has 0 unspecified atom stereocenters. The quantitative estimate of drug-likeness (QED) is 0.471. The van der Waals surface area contributed by atoms with Crippen molar-refractivity contribution in [2.24, 2.45) is 0 Å². The van der Waals surface area contributed by atoms with E-state index < -0.39 is 17.9 Å². The number of benzene rings is 4. The van der Waals surface area contributed by atoms with Crippen molar-refractivity contribution < 1.29 is 19.4 Å². The van der Waals surface area contributed by atoms with Crippen LogP contribution in [0.4, 0.5) is 0 Å². The van der Waals surface area contributed by atoms with E-state index in [1.807, 2.05) is 66.7 Å². The fourth-order valence-electron chi connectivity index (χ4n) is 3.78. The maximum absolute atomic E-state index is 13.3. The van der Waals surface area contributed by atoms with Crippen LogP contribution in [0.3, 0.4) is 0 Å². The van der Waals surface area contributed by atoms with Crippen LogP contribution in [0.5, 0.6) is 5.75 Å². The van der Waals surface area contributed by atoms with Gasteiger partial charge in [-0.05, 0) is 39.2 Å². The number of hydrogen-bond acceptors (Lipinski definition) is 3. The number of methoxy groups -OCH3 is 1. The molecule has 0 saturated heterocycles. The standard InChI is InChI=1S/C25H21NO4/c1-30-22-13-7-4-10-18(22)15-21(25(28)29)26-24(27)23-19-11-5-2-8-16(19)14-17-9-3-6-12-20(17)23/h2-14,21H,15H2,1H3,(H,26,27)(H,28,29)/t21-/m1/s1. The van der Waals surface area contributed by atoms with Crippen molar-refractivity contribution in [3.63, 3.8) is 0 Å². The Bertz CT molecular complexity index is 1190. The fourth-order valence-corrected chi connectivity index (χ4v) is 3.78. The second-order valence-corrected chi connectivity index (χ2v) is 7.07. The summed E-state index contributed by atoms with van der Waals surface area (Å²) in [6.07, 6.45) is 0.119. The number of para-hydroxylation sites is 1. The summed E-state index contributed by atoms with van der Waals surface area (Å²) in [7, 11) is 1.54. The lowest BCUT2D eigenvalue weighted by molar-refractivity contribution is -0.139. The van der Waals surface area contributed by atoms with Crippen LogP contribution in [0.2, 0.25) is 0 Å². The van der Waals surface area contributed by atoms with Gasteiger partial charge >= 0.3 is 5.97 Å². The summed E-state index contributed by atoms with van der Waals surface area (Å²) in [6.45, 7) is 0. The average molecular weight is 399 g/mol. The first kappa shape index (κ1) is 19.5. The van der Waals surface area contributed by atoms with Crippen LogP contribution in [-0.4, -0.2) is 30.1 Å². The highest BCUT2D eigenvalue weighted by molar-refractivity contribution is 6.18. The summed E-state index contributed by atoms with van der Waals surface area (Å²) < 4.78 is 5.33. The monoisotopic (exact) mass is 399 g/mol. The van der Waals surface area contributed by atoms with Gasteiger partial charge in [-0.2, -0.15) is 0 Å². The minimum absolute atomic E-state index is 0.119. The molecule has 0 heterocycles. The van der Waals surface area contributed by atoms with Gasteiger partial charge in [-0.25, -0.2) is 4.79 Å². The highest BCUT2D eigenvalue weighted by atomic mass is 16.5. The maximum Gasteiger partial charge on any atom is 0.326 e. The van der Waals surface area contributed by atoms with E-state index in [2.05, 4.69) is 5.32 Å². The summed E-state index contributed by atoms with van der Waals surface area (Å²) in [5.41, 5.74) is 1.20. The zero-order valence-corrected chi connectivity index (χ0v) is 16.5.